The predicted octanol–water partition coefficient (Wildman–Crippen LogP) is 3.93. The maximum absolute atomic E-state index is 12.8. The second-order valence-corrected chi connectivity index (χ2v) is 11.5. The van der Waals surface area contributed by atoms with E-state index in [2.05, 4.69) is 4.72 Å². The third-order valence-electron chi connectivity index (χ3n) is 4.36. The molecule has 2 aromatic carbocycles. The molecule has 0 saturated heterocycles. The number of hydrogen-bond acceptors (Lipinski definition) is 6. The van der Waals surface area contributed by atoms with E-state index in [9.17, 15) is 26.7 Å². The summed E-state index contributed by atoms with van der Waals surface area (Å²) in [4.78, 5) is 12.2. The van der Waals surface area contributed by atoms with Crippen LogP contribution in [0.2, 0.25) is 0 Å². The fraction of sp³-hybridized carbons (Fsp3) is 0.150. The first-order valence-corrected chi connectivity index (χ1v) is 12.9. The van der Waals surface area contributed by atoms with Crippen molar-refractivity contribution in [3.63, 3.8) is 0 Å². The van der Waals surface area contributed by atoms with Crippen LogP contribution in [0.15, 0.2) is 58.3 Å². The summed E-state index contributed by atoms with van der Waals surface area (Å²) in [5.74, 6) is -1.27. The molecule has 1 aromatic heterocycles. The number of carbonyl (C=O) groups is 1. The highest BCUT2D eigenvalue weighted by Crippen LogP contribution is 2.36. The molecule has 0 unspecified atom stereocenters. The number of carboxylic acid groups (broad SMARTS) is 1. The first-order chi connectivity index (χ1) is 13.9. The summed E-state index contributed by atoms with van der Waals surface area (Å²) in [5, 5.41) is 9.53. The minimum atomic E-state index is -4.00. The lowest BCUT2D eigenvalue weighted by Gasteiger charge is -2.10. The third kappa shape index (κ3) is 4.55. The van der Waals surface area contributed by atoms with Gasteiger partial charge in [0, 0.05) is 11.1 Å². The van der Waals surface area contributed by atoms with Crippen molar-refractivity contribution in [2.75, 3.05) is 11.0 Å². The van der Waals surface area contributed by atoms with Gasteiger partial charge in [-0.3, -0.25) is 4.72 Å². The average molecular weight is 466 g/mol. The standard InChI is InChI=1S/C20H19NO6S3/c1-12-4-9-18(13(2)10-12)30(26,27)21-16-11-17(28-19(16)20(22)23)14-5-7-15(8-6-14)29(3,24)25/h4-11,21H,1-3H3,(H,22,23). The van der Waals surface area contributed by atoms with E-state index in [-0.39, 0.29) is 20.4 Å². The molecule has 0 saturated carbocycles. The summed E-state index contributed by atoms with van der Waals surface area (Å²) >= 11 is 0.901. The predicted molar refractivity (Wildman–Crippen MR) is 117 cm³/mol. The normalized spacial score (nSPS) is 12.0. The lowest BCUT2D eigenvalue weighted by molar-refractivity contribution is 0.0703. The summed E-state index contributed by atoms with van der Waals surface area (Å²) in [6.07, 6.45) is 1.09. The Morgan fingerprint density at radius 1 is 0.967 bits per heavy atom. The summed E-state index contributed by atoms with van der Waals surface area (Å²) in [5.41, 5.74) is 1.99. The van der Waals surface area contributed by atoms with Crippen molar-refractivity contribution >= 4 is 42.9 Å². The molecular formula is C20H19NO6S3. The van der Waals surface area contributed by atoms with Crippen molar-refractivity contribution in [2.45, 2.75) is 23.6 Å². The Kier molecular flexibility index (Phi) is 5.76. The molecule has 1 heterocycles. The first-order valence-electron chi connectivity index (χ1n) is 8.66. The van der Waals surface area contributed by atoms with Crippen LogP contribution < -0.4 is 4.72 Å². The van der Waals surface area contributed by atoms with E-state index in [0.717, 1.165) is 23.2 Å². The number of aryl methyl sites for hydroxylation is 2. The second-order valence-electron chi connectivity index (χ2n) is 6.83. The highest BCUT2D eigenvalue weighted by molar-refractivity contribution is 7.92. The van der Waals surface area contributed by atoms with Gasteiger partial charge in [-0.1, -0.05) is 29.8 Å². The van der Waals surface area contributed by atoms with Gasteiger partial charge in [0.25, 0.3) is 10.0 Å². The SMILES string of the molecule is Cc1ccc(S(=O)(=O)Nc2cc(-c3ccc(S(C)(=O)=O)cc3)sc2C(=O)O)c(C)c1. The van der Waals surface area contributed by atoms with Crippen molar-refractivity contribution in [3.05, 3.63) is 64.5 Å². The van der Waals surface area contributed by atoms with Gasteiger partial charge in [-0.2, -0.15) is 0 Å². The smallest absolute Gasteiger partial charge is 0.348 e. The van der Waals surface area contributed by atoms with E-state index < -0.39 is 25.8 Å². The number of anilines is 1. The topological polar surface area (TPSA) is 118 Å². The van der Waals surface area contributed by atoms with Crippen LogP contribution in [0.25, 0.3) is 10.4 Å². The molecule has 0 fully saturated rings. The number of hydrogen-bond donors (Lipinski definition) is 2. The zero-order valence-corrected chi connectivity index (χ0v) is 18.8. The Bertz CT molecular complexity index is 1340. The highest BCUT2D eigenvalue weighted by Gasteiger charge is 2.23. The highest BCUT2D eigenvalue weighted by atomic mass is 32.2. The fourth-order valence-electron chi connectivity index (χ4n) is 2.93. The van der Waals surface area contributed by atoms with Crippen molar-refractivity contribution < 1.29 is 26.7 Å². The number of carboxylic acids is 1. The zero-order chi connectivity index (χ0) is 22.3. The number of sulfonamides is 1. The monoisotopic (exact) mass is 465 g/mol. The molecule has 30 heavy (non-hydrogen) atoms. The summed E-state index contributed by atoms with van der Waals surface area (Å²) in [6, 6.07) is 12.3. The largest absolute Gasteiger partial charge is 0.477 e. The Labute approximate surface area is 179 Å². The summed E-state index contributed by atoms with van der Waals surface area (Å²) in [6.45, 7) is 3.52. The molecular weight excluding hydrogens is 446 g/mol. The van der Waals surface area contributed by atoms with Gasteiger partial charge in [-0.25, -0.2) is 21.6 Å². The number of sulfone groups is 1. The number of benzene rings is 2. The number of aromatic carboxylic acids is 1. The Balaban J connectivity index is 2.02. The van der Waals surface area contributed by atoms with Crippen molar-refractivity contribution in [1.29, 1.82) is 0 Å². The van der Waals surface area contributed by atoms with Gasteiger partial charge >= 0.3 is 5.97 Å². The van der Waals surface area contributed by atoms with Crippen LogP contribution in [0, 0.1) is 13.8 Å². The van der Waals surface area contributed by atoms with Gasteiger partial charge in [-0.05, 0) is 49.2 Å². The quantitative estimate of drug-likeness (QED) is 0.569. The molecule has 2 N–H and O–H groups in total. The molecule has 0 amide bonds. The zero-order valence-electron chi connectivity index (χ0n) is 16.3. The Morgan fingerprint density at radius 2 is 1.60 bits per heavy atom. The summed E-state index contributed by atoms with van der Waals surface area (Å²) < 4.78 is 51.3. The Morgan fingerprint density at radius 3 is 2.13 bits per heavy atom. The van der Waals surface area contributed by atoms with Gasteiger partial charge in [0.2, 0.25) is 0 Å². The van der Waals surface area contributed by atoms with Crippen LogP contribution in [0.4, 0.5) is 5.69 Å². The third-order valence-corrected chi connectivity index (χ3v) is 8.18. The van der Waals surface area contributed by atoms with Crippen molar-refractivity contribution in [2.24, 2.45) is 0 Å². The van der Waals surface area contributed by atoms with Gasteiger partial charge in [0.05, 0.1) is 15.5 Å². The Hall–Kier alpha value is -2.69. The lowest BCUT2D eigenvalue weighted by Crippen LogP contribution is -2.15. The van der Waals surface area contributed by atoms with E-state index in [1.165, 1.54) is 24.3 Å². The molecule has 3 aromatic rings. The van der Waals surface area contributed by atoms with Crippen LogP contribution in [0.5, 0.6) is 0 Å². The van der Waals surface area contributed by atoms with Crippen LogP contribution in [-0.2, 0) is 19.9 Å². The molecule has 7 nitrogen and oxygen atoms in total. The molecule has 0 aliphatic carbocycles. The number of thiophene rings is 1. The number of nitrogens with one attached hydrogen (secondary N) is 1. The molecule has 0 bridgehead atoms. The van der Waals surface area contributed by atoms with Gasteiger partial charge in [0.15, 0.2) is 9.84 Å². The molecule has 0 aliphatic heterocycles. The van der Waals surface area contributed by atoms with E-state index >= 15 is 0 Å². The van der Waals surface area contributed by atoms with Crippen molar-refractivity contribution in [3.8, 4) is 10.4 Å². The maximum atomic E-state index is 12.8. The van der Waals surface area contributed by atoms with Gasteiger partial charge < -0.3 is 5.11 Å². The van der Waals surface area contributed by atoms with Gasteiger partial charge in [-0.15, -0.1) is 11.3 Å². The second kappa shape index (κ2) is 7.86. The van der Waals surface area contributed by atoms with E-state index in [1.807, 2.05) is 6.92 Å². The van der Waals surface area contributed by atoms with E-state index in [0.29, 0.717) is 16.0 Å². The molecule has 0 atom stereocenters. The number of rotatable bonds is 6. The molecule has 10 heteroatoms. The van der Waals surface area contributed by atoms with Crippen molar-refractivity contribution in [1.82, 2.24) is 0 Å². The average Bonchev–Trinajstić information content (AvgIpc) is 3.04. The molecule has 158 valence electrons. The van der Waals surface area contributed by atoms with E-state index in [4.69, 9.17) is 0 Å². The first kappa shape index (κ1) is 22.0. The minimum absolute atomic E-state index is 0.0466. The van der Waals surface area contributed by atoms with Crippen LogP contribution in [-0.4, -0.2) is 34.2 Å². The van der Waals surface area contributed by atoms with Gasteiger partial charge in [0.1, 0.15) is 4.88 Å². The fourth-order valence-corrected chi connectivity index (χ4v) is 5.88. The van der Waals surface area contributed by atoms with Crippen LogP contribution >= 0.6 is 11.3 Å². The van der Waals surface area contributed by atoms with Crippen LogP contribution in [0.1, 0.15) is 20.8 Å². The minimum Gasteiger partial charge on any atom is -0.477 e. The molecule has 0 radical (unpaired) electrons. The lowest BCUT2D eigenvalue weighted by atomic mass is 10.2. The van der Waals surface area contributed by atoms with E-state index in [1.54, 1.807) is 31.2 Å². The molecule has 0 spiro atoms. The van der Waals surface area contributed by atoms with Crippen LogP contribution in [0.3, 0.4) is 0 Å². The molecule has 0 aliphatic rings. The maximum Gasteiger partial charge on any atom is 0.348 e. The summed E-state index contributed by atoms with van der Waals surface area (Å²) in [7, 11) is -7.36. The molecule has 3 rings (SSSR count).